The highest BCUT2D eigenvalue weighted by molar-refractivity contribution is 5.10. The van der Waals surface area contributed by atoms with Crippen molar-refractivity contribution in [1.82, 2.24) is 9.78 Å². The lowest BCUT2D eigenvalue weighted by Crippen LogP contribution is -2.36. The van der Waals surface area contributed by atoms with Gasteiger partial charge in [0.25, 0.3) is 0 Å². The first-order chi connectivity index (χ1) is 7.66. The Bertz CT molecular complexity index is 342. The van der Waals surface area contributed by atoms with E-state index in [2.05, 4.69) is 11.2 Å². The third-order valence-corrected chi connectivity index (χ3v) is 3.42. The lowest BCUT2D eigenvalue weighted by Gasteiger charge is -2.27. The summed E-state index contributed by atoms with van der Waals surface area (Å²) in [6, 6.07) is 2.36. The number of nitrogens with zero attached hydrogens (tertiary/aromatic N) is 2. The number of ether oxygens (including phenoxy) is 1. The van der Waals surface area contributed by atoms with Crippen LogP contribution in [-0.2, 0) is 18.2 Å². The van der Waals surface area contributed by atoms with Gasteiger partial charge in [0.15, 0.2) is 0 Å². The Morgan fingerprint density at radius 1 is 1.56 bits per heavy atom. The van der Waals surface area contributed by atoms with Crippen molar-refractivity contribution < 1.29 is 4.74 Å². The van der Waals surface area contributed by atoms with Crippen LogP contribution in [0.5, 0.6) is 0 Å². The molecule has 0 spiro atoms. The standard InChI is InChI=1S/C12H21N3O/c1-9-7-11(15(2)14-9)8-12(13)10-3-5-16-6-4-10/h7,10,12H,3-6,8,13H2,1-2H3. The normalized spacial score (nSPS) is 19.9. The molecule has 0 aliphatic carbocycles. The lowest BCUT2D eigenvalue weighted by molar-refractivity contribution is 0.0583. The topological polar surface area (TPSA) is 53.1 Å². The summed E-state index contributed by atoms with van der Waals surface area (Å²) in [4.78, 5) is 0. The fraction of sp³-hybridized carbons (Fsp3) is 0.750. The first-order valence-electron chi connectivity index (χ1n) is 5.99. The van der Waals surface area contributed by atoms with E-state index in [0.29, 0.717) is 5.92 Å². The zero-order valence-electron chi connectivity index (χ0n) is 10.1. The smallest absolute Gasteiger partial charge is 0.0596 e. The van der Waals surface area contributed by atoms with Crippen LogP contribution in [-0.4, -0.2) is 29.0 Å². The van der Waals surface area contributed by atoms with Crippen molar-refractivity contribution in [2.24, 2.45) is 18.7 Å². The van der Waals surface area contributed by atoms with Crippen LogP contribution >= 0.6 is 0 Å². The predicted octanol–water partition coefficient (Wildman–Crippen LogP) is 1.02. The van der Waals surface area contributed by atoms with Crippen LogP contribution in [0, 0.1) is 12.8 Å². The Hall–Kier alpha value is -0.870. The van der Waals surface area contributed by atoms with Crippen molar-refractivity contribution in [3.05, 3.63) is 17.5 Å². The third kappa shape index (κ3) is 2.62. The highest BCUT2D eigenvalue weighted by Gasteiger charge is 2.22. The Labute approximate surface area is 96.8 Å². The summed E-state index contributed by atoms with van der Waals surface area (Å²) in [6.45, 7) is 3.75. The van der Waals surface area contributed by atoms with E-state index in [4.69, 9.17) is 10.5 Å². The second-order valence-corrected chi connectivity index (χ2v) is 4.72. The number of hydrogen-bond acceptors (Lipinski definition) is 3. The molecule has 0 amide bonds. The molecule has 1 fully saturated rings. The van der Waals surface area contributed by atoms with Crippen molar-refractivity contribution in [1.29, 1.82) is 0 Å². The van der Waals surface area contributed by atoms with Gasteiger partial charge >= 0.3 is 0 Å². The van der Waals surface area contributed by atoms with E-state index in [9.17, 15) is 0 Å². The van der Waals surface area contributed by atoms with Gasteiger partial charge in [-0.05, 0) is 31.7 Å². The zero-order chi connectivity index (χ0) is 11.5. The van der Waals surface area contributed by atoms with Crippen LogP contribution in [0.25, 0.3) is 0 Å². The highest BCUT2D eigenvalue weighted by atomic mass is 16.5. The van der Waals surface area contributed by atoms with Gasteiger partial charge in [-0.25, -0.2) is 0 Å². The van der Waals surface area contributed by atoms with Crippen molar-refractivity contribution in [3.63, 3.8) is 0 Å². The molecule has 90 valence electrons. The Morgan fingerprint density at radius 2 is 2.25 bits per heavy atom. The molecular formula is C12H21N3O. The quantitative estimate of drug-likeness (QED) is 0.832. The van der Waals surface area contributed by atoms with Gasteiger partial charge in [0.2, 0.25) is 0 Å². The van der Waals surface area contributed by atoms with E-state index in [1.807, 2.05) is 18.7 Å². The molecule has 1 aromatic rings. The molecule has 0 bridgehead atoms. The molecule has 2 N–H and O–H groups in total. The van der Waals surface area contributed by atoms with Crippen LogP contribution in [0.2, 0.25) is 0 Å². The number of aromatic nitrogens is 2. The largest absolute Gasteiger partial charge is 0.381 e. The zero-order valence-corrected chi connectivity index (χ0v) is 10.1. The average molecular weight is 223 g/mol. The Kier molecular flexibility index (Phi) is 3.61. The lowest BCUT2D eigenvalue weighted by atomic mass is 9.89. The van der Waals surface area contributed by atoms with Gasteiger partial charge < -0.3 is 10.5 Å². The molecule has 1 aliphatic rings. The number of rotatable bonds is 3. The number of hydrogen-bond donors (Lipinski definition) is 1. The molecule has 2 heterocycles. The van der Waals surface area contributed by atoms with Crippen molar-refractivity contribution in [2.75, 3.05) is 13.2 Å². The molecule has 0 saturated carbocycles. The molecule has 0 aromatic carbocycles. The van der Waals surface area contributed by atoms with Gasteiger partial charge in [-0.15, -0.1) is 0 Å². The minimum Gasteiger partial charge on any atom is -0.381 e. The summed E-state index contributed by atoms with van der Waals surface area (Å²) in [5.74, 6) is 0.601. The van der Waals surface area contributed by atoms with Crippen LogP contribution in [0.15, 0.2) is 6.07 Å². The molecule has 1 atom stereocenters. The molecule has 2 rings (SSSR count). The summed E-state index contributed by atoms with van der Waals surface area (Å²) in [5, 5.41) is 4.35. The second-order valence-electron chi connectivity index (χ2n) is 4.72. The van der Waals surface area contributed by atoms with Crippen molar-refractivity contribution in [3.8, 4) is 0 Å². The summed E-state index contributed by atoms with van der Waals surface area (Å²) >= 11 is 0. The molecule has 0 radical (unpaired) electrons. The average Bonchev–Trinajstić information content (AvgIpc) is 2.59. The third-order valence-electron chi connectivity index (χ3n) is 3.42. The SMILES string of the molecule is Cc1cc(CC(N)C2CCOCC2)n(C)n1. The fourth-order valence-corrected chi connectivity index (χ4v) is 2.41. The molecule has 4 heteroatoms. The minimum absolute atomic E-state index is 0.235. The van der Waals surface area contributed by atoms with E-state index < -0.39 is 0 Å². The summed E-state index contributed by atoms with van der Waals surface area (Å²) in [6.07, 6.45) is 3.11. The van der Waals surface area contributed by atoms with Gasteiger partial charge in [-0.1, -0.05) is 0 Å². The maximum absolute atomic E-state index is 6.26. The van der Waals surface area contributed by atoms with Crippen LogP contribution in [0.3, 0.4) is 0 Å². The van der Waals surface area contributed by atoms with Gasteiger partial charge in [-0.3, -0.25) is 4.68 Å². The molecule has 4 nitrogen and oxygen atoms in total. The Morgan fingerprint density at radius 3 is 2.81 bits per heavy atom. The first-order valence-corrected chi connectivity index (χ1v) is 5.99. The molecule has 1 aliphatic heterocycles. The maximum atomic E-state index is 6.26. The molecule has 16 heavy (non-hydrogen) atoms. The minimum atomic E-state index is 0.235. The van der Waals surface area contributed by atoms with E-state index in [0.717, 1.165) is 38.2 Å². The van der Waals surface area contributed by atoms with Gasteiger partial charge in [0, 0.05) is 38.4 Å². The van der Waals surface area contributed by atoms with E-state index >= 15 is 0 Å². The monoisotopic (exact) mass is 223 g/mol. The van der Waals surface area contributed by atoms with Crippen LogP contribution in [0.4, 0.5) is 0 Å². The van der Waals surface area contributed by atoms with Crippen molar-refractivity contribution >= 4 is 0 Å². The predicted molar refractivity (Wildman–Crippen MR) is 63.2 cm³/mol. The molecule has 1 unspecified atom stereocenters. The fourth-order valence-electron chi connectivity index (χ4n) is 2.41. The van der Waals surface area contributed by atoms with Gasteiger partial charge in [-0.2, -0.15) is 5.10 Å². The van der Waals surface area contributed by atoms with Gasteiger partial charge in [0.1, 0.15) is 0 Å². The number of aryl methyl sites for hydroxylation is 2. The molecular weight excluding hydrogens is 202 g/mol. The van der Waals surface area contributed by atoms with E-state index in [1.54, 1.807) is 0 Å². The summed E-state index contributed by atoms with van der Waals surface area (Å²) < 4.78 is 7.29. The maximum Gasteiger partial charge on any atom is 0.0596 e. The summed E-state index contributed by atoms with van der Waals surface area (Å²) in [5.41, 5.74) is 8.56. The highest BCUT2D eigenvalue weighted by Crippen LogP contribution is 2.20. The van der Waals surface area contributed by atoms with Crippen molar-refractivity contribution in [2.45, 2.75) is 32.2 Å². The van der Waals surface area contributed by atoms with Crippen LogP contribution < -0.4 is 5.73 Å². The molecule has 1 saturated heterocycles. The number of nitrogens with two attached hydrogens (primary N) is 1. The first kappa shape index (κ1) is 11.6. The van der Waals surface area contributed by atoms with Crippen LogP contribution in [0.1, 0.15) is 24.2 Å². The second kappa shape index (κ2) is 4.97. The molecule has 1 aromatic heterocycles. The van der Waals surface area contributed by atoms with E-state index in [-0.39, 0.29) is 6.04 Å². The van der Waals surface area contributed by atoms with E-state index in [1.165, 1.54) is 5.69 Å². The Balaban J connectivity index is 1.95. The summed E-state index contributed by atoms with van der Waals surface area (Å²) in [7, 11) is 1.99. The van der Waals surface area contributed by atoms with Gasteiger partial charge in [0.05, 0.1) is 5.69 Å².